The highest BCUT2D eigenvalue weighted by Crippen LogP contribution is 2.44. The van der Waals surface area contributed by atoms with Gasteiger partial charge in [-0.25, -0.2) is 9.59 Å². The van der Waals surface area contributed by atoms with Crippen LogP contribution in [0.2, 0.25) is 0 Å². The number of aliphatic carboxylic acids is 1. The van der Waals surface area contributed by atoms with Gasteiger partial charge in [0.1, 0.15) is 12.6 Å². The maximum atomic E-state index is 12.7. The molecule has 0 heterocycles. The normalized spacial score (nSPS) is 16.4. The van der Waals surface area contributed by atoms with Crippen molar-refractivity contribution in [2.75, 3.05) is 6.61 Å². The van der Waals surface area contributed by atoms with Crippen LogP contribution in [-0.2, 0) is 14.3 Å². The Balaban J connectivity index is 1.33. The van der Waals surface area contributed by atoms with Crippen LogP contribution in [0.5, 0.6) is 0 Å². The van der Waals surface area contributed by atoms with Crippen molar-refractivity contribution < 1.29 is 24.2 Å². The number of carboxylic acids is 1. The molecule has 1 saturated carbocycles. The number of fused-ring (bicyclic) bond motifs is 3. The first-order chi connectivity index (χ1) is 15.4. The summed E-state index contributed by atoms with van der Waals surface area (Å²) in [6, 6.07) is 14.9. The summed E-state index contributed by atoms with van der Waals surface area (Å²) in [4.78, 5) is 37.9. The first-order valence-corrected chi connectivity index (χ1v) is 11.0. The number of carboxylic acid groups (broad SMARTS) is 1. The molecule has 2 amide bonds. The number of alkyl carbamates (subject to hydrolysis) is 1. The summed E-state index contributed by atoms with van der Waals surface area (Å²) in [5.41, 5.74) is 4.58. The Hall–Kier alpha value is -3.35. The van der Waals surface area contributed by atoms with E-state index in [4.69, 9.17) is 4.74 Å². The fourth-order valence-corrected chi connectivity index (χ4v) is 4.47. The molecule has 2 aromatic rings. The van der Waals surface area contributed by atoms with Gasteiger partial charge in [0.25, 0.3) is 0 Å². The van der Waals surface area contributed by atoms with Gasteiger partial charge in [-0.2, -0.15) is 0 Å². The van der Waals surface area contributed by atoms with Gasteiger partial charge in [0.05, 0.1) is 0 Å². The van der Waals surface area contributed by atoms with Gasteiger partial charge < -0.3 is 20.1 Å². The van der Waals surface area contributed by atoms with Crippen LogP contribution in [0.25, 0.3) is 11.1 Å². The Bertz CT molecular complexity index is 987. The Morgan fingerprint density at radius 3 is 2.12 bits per heavy atom. The van der Waals surface area contributed by atoms with Gasteiger partial charge in [-0.3, -0.25) is 4.79 Å². The Labute approximate surface area is 187 Å². The van der Waals surface area contributed by atoms with Crippen LogP contribution in [-0.4, -0.2) is 52.7 Å². The van der Waals surface area contributed by atoms with E-state index in [1.165, 1.54) is 11.8 Å². The molecule has 2 aliphatic carbocycles. The second-order valence-electron chi connectivity index (χ2n) is 8.62. The zero-order valence-corrected chi connectivity index (χ0v) is 18.3. The molecule has 0 saturated heterocycles. The lowest BCUT2D eigenvalue weighted by Crippen LogP contribution is -2.47. The molecule has 7 nitrogen and oxygen atoms in total. The summed E-state index contributed by atoms with van der Waals surface area (Å²) >= 11 is 0. The molecular formula is C25H28N2O5. The number of ether oxygens (including phenoxy) is 1. The average molecular weight is 437 g/mol. The van der Waals surface area contributed by atoms with Crippen molar-refractivity contribution in [3.8, 4) is 11.1 Å². The van der Waals surface area contributed by atoms with E-state index in [0.29, 0.717) is 0 Å². The van der Waals surface area contributed by atoms with Crippen LogP contribution >= 0.6 is 0 Å². The van der Waals surface area contributed by atoms with Gasteiger partial charge >= 0.3 is 12.1 Å². The van der Waals surface area contributed by atoms with Crippen molar-refractivity contribution in [1.82, 2.24) is 10.2 Å². The first kappa shape index (κ1) is 21.9. The van der Waals surface area contributed by atoms with Gasteiger partial charge in [0, 0.05) is 24.4 Å². The van der Waals surface area contributed by atoms with Crippen molar-refractivity contribution in [2.45, 2.75) is 57.2 Å². The highest BCUT2D eigenvalue weighted by atomic mass is 16.5. The van der Waals surface area contributed by atoms with E-state index in [0.717, 1.165) is 35.1 Å². The number of carbonyl (C=O) groups is 3. The van der Waals surface area contributed by atoms with Crippen molar-refractivity contribution in [2.24, 2.45) is 0 Å². The molecule has 1 fully saturated rings. The van der Waals surface area contributed by atoms with E-state index >= 15 is 0 Å². The molecule has 4 rings (SSSR count). The molecule has 0 bridgehead atoms. The summed E-state index contributed by atoms with van der Waals surface area (Å²) in [6.07, 6.45) is 1.07. The molecule has 32 heavy (non-hydrogen) atoms. The Morgan fingerprint density at radius 1 is 1.03 bits per heavy atom. The Morgan fingerprint density at radius 2 is 1.59 bits per heavy atom. The van der Waals surface area contributed by atoms with Gasteiger partial charge in [0.15, 0.2) is 0 Å². The summed E-state index contributed by atoms with van der Waals surface area (Å²) < 4.78 is 5.53. The Kier molecular flexibility index (Phi) is 6.17. The van der Waals surface area contributed by atoms with E-state index in [-0.39, 0.29) is 30.9 Å². The van der Waals surface area contributed by atoms with Gasteiger partial charge in [-0.1, -0.05) is 48.5 Å². The molecule has 7 heteroatoms. The zero-order chi connectivity index (χ0) is 22.8. The summed E-state index contributed by atoms with van der Waals surface area (Å²) in [7, 11) is 0. The highest BCUT2D eigenvalue weighted by molar-refractivity contribution is 5.84. The number of hydrogen-bond acceptors (Lipinski definition) is 4. The third-order valence-electron chi connectivity index (χ3n) is 6.19. The third kappa shape index (κ3) is 4.47. The molecule has 2 aromatic carbocycles. The molecule has 2 aliphatic rings. The predicted octanol–water partition coefficient (Wildman–Crippen LogP) is 3.77. The second kappa shape index (κ2) is 9.02. The minimum absolute atomic E-state index is 0.0183. The molecule has 2 atom stereocenters. The van der Waals surface area contributed by atoms with Gasteiger partial charge in [0.2, 0.25) is 5.91 Å². The monoisotopic (exact) mass is 436 g/mol. The fraction of sp³-hybridized carbons (Fsp3) is 0.400. The van der Waals surface area contributed by atoms with Crippen molar-refractivity contribution in [3.05, 3.63) is 59.7 Å². The molecule has 2 N–H and O–H groups in total. The van der Waals surface area contributed by atoms with Crippen LogP contribution in [0.4, 0.5) is 4.79 Å². The van der Waals surface area contributed by atoms with E-state index in [9.17, 15) is 19.5 Å². The minimum atomic E-state index is -1.03. The minimum Gasteiger partial charge on any atom is -0.480 e. The SMILES string of the molecule is CC(C(=O)O)N(C(=O)C[C@@H](C)NC(=O)OCC1c2ccccc2-c2ccccc21)C1CC1. The van der Waals surface area contributed by atoms with Crippen molar-refractivity contribution in [1.29, 1.82) is 0 Å². The van der Waals surface area contributed by atoms with Crippen LogP contribution in [0.3, 0.4) is 0 Å². The standard InChI is InChI=1S/C25H28N2O5/c1-15(13-23(28)27(17-11-12-17)16(2)24(29)30)26-25(31)32-14-22-20-9-5-3-7-18(20)19-8-4-6-10-21(19)22/h3-10,15-17,22H,11-14H2,1-2H3,(H,26,31)(H,29,30)/t15-,16?/m1/s1. The summed E-state index contributed by atoms with van der Waals surface area (Å²) in [6.45, 7) is 3.43. The lowest BCUT2D eigenvalue weighted by atomic mass is 9.98. The molecule has 0 aliphatic heterocycles. The van der Waals surface area contributed by atoms with E-state index in [1.54, 1.807) is 6.92 Å². The third-order valence-corrected chi connectivity index (χ3v) is 6.19. The number of hydrogen-bond donors (Lipinski definition) is 2. The number of amides is 2. The van der Waals surface area contributed by atoms with Crippen LogP contribution in [0.15, 0.2) is 48.5 Å². The molecule has 0 spiro atoms. The lowest BCUT2D eigenvalue weighted by molar-refractivity contribution is -0.150. The predicted molar refractivity (Wildman–Crippen MR) is 119 cm³/mol. The second-order valence-corrected chi connectivity index (χ2v) is 8.62. The molecule has 0 radical (unpaired) electrons. The van der Waals surface area contributed by atoms with Crippen molar-refractivity contribution in [3.63, 3.8) is 0 Å². The summed E-state index contributed by atoms with van der Waals surface area (Å²) in [5.74, 6) is -1.33. The van der Waals surface area contributed by atoms with Crippen LogP contribution in [0, 0.1) is 0 Å². The molecule has 168 valence electrons. The van der Waals surface area contributed by atoms with Crippen LogP contribution in [0.1, 0.15) is 50.2 Å². The van der Waals surface area contributed by atoms with Crippen molar-refractivity contribution >= 4 is 18.0 Å². The zero-order valence-electron chi connectivity index (χ0n) is 18.3. The number of carbonyl (C=O) groups excluding carboxylic acids is 2. The number of benzene rings is 2. The largest absolute Gasteiger partial charge is 0.480 e. The molecule has 1 unspecified atom stereocenters. The van der Waals surface area contributed by atoms with E-state index in [1.807, 2.05) is 24.3 Å². The topological polar surface area (TPSA) is 95.9 Å². The number of rotatable bonds is 8. The van der Waals surface area contributed by atoms with Gasteiger partial charge in [-0.15, -0.1) is 0 Å². The fourth-order valence-electron chi connectivity index (χ4n) is 4.47. The number of nitrogens with zero attached hydrogens (tertiary/aromatic N) is 1. The maximum absolute atomic E-state index is 12.7. The van der Waals surface area contributed by atoms with E-state index < -0.39 is 24.1 Å². The molecular weight excluding hydrogens is 408 g/mol. The molecule has 0 aromatic heterocycles. The number of nitrogens with one attached hydrogen (secondary N) is 1. The smallest absolute Gasteiger partial charge is 0.407 e. The average Bonchev–Trinajstić information content (AvgIpc) is 3.54. The van der Waals surface area contributed by atoms with E-state index in [2.05, 4.69) is 29.6 Å². The van der Waals surface area contributed by atoms with Crippen LogP contribution < -0.4 is 5.32 Å². The van der Waals surface area contributed by atoms with Gasteiger partial charge in [-0.05, 0) is 48.9 Å². The summed E-state index contributed by atoms with van der Waals surface area (Å²) in [5, 5.41) is 12.0. The highest BCUT2D eigenvalue weighted by Gasteiger charge is 2.38. The maximum Gasteiger partial charge on any atom is 0.407 e. The quantitative estimate of drug-likeness (QED) is 0.657. The first-order valence-electron chi connectivity index (χ1n) is 11.0. The lowest BCUT2D eigenvalue weighted by Gasteiger charge is -2.28.